The molecule has 1 N–H and O–H groups in total. The molecule has 1 aliphatic rings. The van der Waals surface area contributed by atoms with Gasteiger partial charge in [-0.25, -0.2) is 0 Å². The molecule has 0 aliphatic carbocycles. The van der Waals surface area contributed by atoms with Crippen molar-refractivity contribution in [3.05, 3.63) is 43.0 Å². The molecule has 19 heavy (non-hydrogen) atoms. The molecule has 2 nitrogen and oxygen atoms in total. The molecule has 0 spiro atoms. The summed E-state index contributed by atoms with van der Waals surface area (Å²) in [6, 6.07) is 8.16. The molecule has 2 rings (SSSR count). The zero-order valence-corrected chi connectivity index (χ0v) is 12.2. The van der Waals surface area contributed by atoms with Gasteiger partial charge < -0.3 is 5.32 Å². The molecule has 1 aromatic carbocycles. The van der Waals surface area contributed by atoms with Crippen LogP contribution in [0.1, 0.15) is 45.1 Å². The highest BCUT2D eigenvalue weighted by Crippen LogP contribution is 2.37. The summed E-state index contributed by atoms with van der Waals surface area (Å²) in [6.45, 7) is 10.4. The van der Waals surface area contributed by atoms with E-state index in [2.05, 4.69) is 44.5 Å². The smallest absolute Gasteiger partial charge is 0.224 e. The molecule has 0 aromatic heterocycles. The molecule has 0 radical (unpaired) electrons. The van der Waals surface area contributed by atoms with Gasteiger partial charge in [0.2, 0.25) is 5.91 Å². The Bertz CT molecular complexity index is 427. The van der Waals surface area contributed by atoms with Crippen molar-refractivity contribution in [3.63, 3.8) is 0 Å². The highest BCUT2D eigenvalue weighted by atomic mass is 16.1. The first-order valence-corrected chi connectivity index (χ1v) is 7.01. The van der Waals surface area contributed by atoms with E-state index in [1.807, 2.05) is 12.1 Å². The van der Waals surface area contributed by atoms with E-state index < -0.39 is 0 Å². The first-order chi connectivity index (χ1) is 9.13. The summed E-state index contributed by atoms with van der Waals surface area (Å²) in [6.07, 6.45) is 5.17. The Morgan fingerprint density at radius 2 is 1.95 bits per heavy atom. The highest BCUT2D eigenvalue weighted by Gasteiger charge is 2.31. The molecule has 0 fully saturated rings. The Morgan fingerprint density at radius 1 is 1.26 bits per heavy atom. The molecule has 104 valence electrons. The second-order valence-corrected chi connectivity index (χ2v) is 5.47. The first kappa shape index (κ1) is 15.5. The van der Waals surface area contributed by atoms with Crippen molar-refractivity contribution in [1.29, 1.82) is 0 Å². The van der Waals surface area contributed by atoms with Crippen LogP contribution in [0.15, 0.2) is 37.4 Å². The van der Waals surface area contributed by atoms with Crippen LogP contribution in [0, 0.1) is 5.41 Å². The van der Waals surface area contributed by atoms with Crippen molar-refractivity contribution in [1.82, 2.24) is 0 Å². The van der Waals surface area contributed by atoms with Gasteiger partial charge in [0.1, 0.15) is 0 Å². The number of benzene rings is 1. The average molecular weight is 259 g/mol. The molecule has 1 heterocycles. The minimum atomic E-state index is 0.118. The van der Waals surface area contributed by atoms with E-state index in [9.17, 15) is 4.79 Å². The lowest BCUT2D eigenvalue weighted by Crippen LogP contribution is -2.23. The van der Waals surface area contributed by atoms with Crippen LogP contribution in [0.5, 0.6) is 0 Å². The number of anilines is 1. The second-order valence-electron chi connectivity index (χ2n) is 5.47. The third-order valence-electron chi connectivity index (χ3n) is 3.63. The van der Waals surface area contributed by atoms with Crippen LogP contribution in [0.25, 0.3) is 0 Å². The molecule has 0 saturated heterocycles. The molecule has 1 unspecified atom stereocenters. The summed E-state index contributed by atoms with van der Waals surface area (Å²) >= 11 is 0. The number of amides is 1. The Balaban J connectivity index is 0.000000861. The lowest BCUT2D eigenvalue weighted by Gasteiger charge is -2.27. The lowest BCUT2D eigenvalue weighted by molar-refractivity contribution is -0.118. The van der Waals surface area contributed by atoms with Gasteiger partial charge in [-0.15, -0.1) is 13.2 Å². The minimum Gasteiger partial charge on any atom is -0.326 e. The number of fused-ring (bicyclic) bond motifs is 1. The number of nitrogens with one attached hydrogen (secondary N) is 1. The van der Waals surface area contributed by atoms with E-state index in [1.165, 1.54) is 18.4 Å². The summed E-state index contributed by atoms with van der Waals surface area (Å²) in [4.78, 5) is 11.9. The standard InChI is InChI=1S/C15H21NO.C2H4/c1-3-4-9-15(2)10-12-7-5-6-8-13(12)16-14(17)11-15;1-2/h5-8H,3-4,9-11H2,1-2H3,(H,16,17);1-2H2. The topological polar surface area (TPSA) is 29.1 Å². The number of rotatable bonds is 3. The fourth-order valence-electron chi connectivity index (χ4n) is 2.68. The minimum absolute atomic E-state index is 0.118. The maximum absolute atomic E-state index is 11.9. The normalized spacial score (nSPS) is 21.5. The van der Waals surface area contributed by atoms with Crippen LogP contribution < -0.4 is 5.32 Å². The van der Waals surface area contributed by atoms with Crippen molar-refractivity contribution < 1.29 is 4.79 Å². The zero-order chi connectivity index (χ0) is 14.3. The van der Waals surface area contributed by atoms with Crippen molar-refractivity contribution in [2.45, 2.75) is 46.0 Å². The predicted octanol–water partition coefficient (Wildman–Crippen LogP) is 4.57. The predicted molar refractivity (Wildman–Crippen MR) is 82.3 cm³/mol. The molecule has 1 amide bonds. The number of hydrogen-bond donors (Lipinski definition) is 1. The zero-order valence-electron chi connectivity index (χ0n) is 12.2. The maximum atomic E-state index is 11.9. The quantitative estimate of drug-likeness (QED) is 0.791. The van der Waals surface area contributed by atoms with Crippen molar-refractivity contribution in [2.75, 3.05) is 5.32 Å². The van der Waals surface area contributed by atoms with E-state index in [0.29, 0.717) is 6.42 Å². The van der Waals surface area contributed by atoms with Gasteiger partial charge in [-0.3, -0.25) is 4.79 Å². The van der Waals surface area contributed by atoms with Crippen LogP contribution in [0.4, 0.5) is 5.69 Å². The van der Waals surface area contributed by atoms with Crippen molar-refractivity contribution in [2.24, 2.45) is 5.41 Å². The maximum Gasteiger partial charge on any atom is 0.224 e. The van der Waals surface area contributed by atoms with Crippen LogP contribution >= 0.6 is 0 Å². The van der Waals surface area contributed by atoms with Gasteiger partial charge in [0.15, 0.2) is 0 Å². The van der Waals surface area contributed by atoms with Gasteiger partial charge in [-0.2, -0.15) is 0 Å². The Kier molecular flexibility index (Phi) is 5.81. The Morgan fingerprint density at radius 3 is 2.63 bits per heavy atom. The molecule has 1 atom stereocenters. The fraction of sp³-hybridized carbons (Fsp3) is 0.471. The fourth-order valence-corrected chi connectivity index (χ4v) is 2.68. The first-order valence-electron chi connectivity index (χ1n) is 7.01. The van der Waals surface area contributed by atoms with Gasteiger partial charge in [0.25, 0.3) is 0 Å². The van der Waals surface area contributed by atoms with Crippen molar-refractivity contribution in [3.8, 4) is 0 Å². The largest absolute Gasteiger partial charge is 0.326 e. The summed E-state index contributed by atoms with van der Waals surface area (Å²) < 4.78 is 0. The monoisotopic (exact) mass is 259 g/mol. The highest BCUT2D eigenvalue weighted by molar-refractivity contribution is 5.92. The number of unbranched alkanes of at least 4 members (excludes halogenated alkanes) is 1. The lowest BCUT2D eigenvalue weighted by atomic mass is 9.77. The number of hydrogen-bond acceptors (Lipinski definition) is 1. The molecule has 0 saturated carbocycles. The van der Waals surface area contributed by atoms with Crippen LogP contribution in [-0.2, 0) is 11.2 Å². The van der Waals surface area contributed by atoms with Crippen molar-refractivity contribution >= 4 is 11.6 Å². The third kappa shape index (κ3) is 4.23. The summed E-state index contributed by atoms with van der Waals surface area (Å²) in [5, 5.41) is 3.02. The summed E-state index contributed by atoms with van der Waals surface area (Å²) in [5.74, 6) is 0.161. The van der Waals surface area contributed by atoms with Gasteiger partial charge >= 0.3 is 0 Å². The number of carbonyl (C=O) groups excluding carboxylic acids is 1. The Hall–Kier alpha value is -1.57. The molecule has 0 bridgehead atoms. The van der Waals surface area contributed by atoms with E-state index in [1.54, 1.807) is 0 Å². The average Bonchev–Trinajstić information content (AvgIpc) is 2.53. The van der Waals surface area contributed by atoms with Crippen LogP contribution in [0.2, 0.25) is 0 Å². The van der Waals surface area contributed by atoms with E-state index in [0.717, 1.165) is 18.5 Å². The second kappa shape index (κ2) is 7.13. The number of para-hydroxylation sites is 1. The van der Waals surface area contributed by atoms with E-state index >= 15 is 0 Å². The molecule has 1 aromatic rings. The Labute approximate surface area is 116 Å². The van der Waals surface area contributed by atoms with Gasteiger partial charge in [-0.05, 0) is 29.9 Å². The van der Waals surface area contributed by atoms with E-state index in [4.69, 9.17) is 0 Å². The van der Waals surface area contributed by atoms with Gasteiger partial charge in [-0.1, -0.05) is 44.9 Å². The molecular formula is C17H25NO. The van der Waals surface area contributed by atoms with Crippen LogP contribution in [-0.4, -0.2) is 5.91 Å². The third-order valence-corrected chi connectivity index (χ3v) is 3.63. The van der Waals surface area contributed by atoms with Gasteiger partial charge in [0, 0.05) is 12.1 Å². The number of carbonyl (C=O) groups is 1. The van der Waals surface area contributed by atoms with Crippen LogP contribution in [0.3, 0.4) is 0 Å². The summed E-state index contributed by atoms with van der Waals surface area (Å²) in [7, 11) is 0. The summed E-state index contributed by atoms with van der Waals surface area (Å²) in [5.41, 5.74) is 2.39. The molecule has 1 aliphatic heterocycles. The molecular weight excluding hydrogens is 234 g/mol. The van der Waals surface area contributed by atoms with E-state index in [-0.39, 0.29) is 11.3 Å². The van der Waals surface area contributed by atoms with Gasteiger partial charge in [0.05, 0.1) is 0 Å². The molecule has 2 heteroatoms. The SMILES string of the molecule is C=C.CCCCC1(C)CC(=O)Nc2ccccc2C1.